The van der Waals surface area contributed by atoms with E-state index in [1.807, 2.05) is 23.1 Å². The van der Waals surface area contributed by atoms with Crippen molar-refractivity contribution in [1.82, 2.24) is 14.9 Å². The second-order valence-corrected chi connectivity index (χ2v) is 8.28. The van der Waals surface area contributed by atoms with E-state index >= 15 is 0 Å². The van der Waals surface area contributed by atoms with Gasteiger partial charge in [0.25, 0.3) is 5.91 Å². The zero-order valence-corrected chi connectivity index (χ0v) is 16.9. The van der Waals surface area contributed by atoms with Crippen molar-refractivity contribution < 1.29 is 4.79 Å². The van der Waals surface area contributed by atoms with Crippen LogP contribution in [0.5, 0.6) is 0 Å². The molecular formula is C17H14ClIN4OS. The van der Waals surface area contributed by atoms with Gasteiger partial charge in [-0.25, -0.2) is 9.97 Å². The Balaban J connectivity index is 1.46. The summed E-state index contributed by atoms with van der Waals surface area (Å²) in [6.07, 6.45) is 1.79. The molecule has 2 aromatic heterocycles. The molecule has 128 valence electrons. The number of carbonyl (C=O) groups excluding carboxylic acids is 1. The van der Waals surface area contributed by atoms with Gasteiger partial charge in [0.2, 0.25) is 0 Å². The monoisotopic (exact) mass is 484 g/mol. The summed E-state index contributed by atoms with van der Waals surface area (Å²) in [5.41, 5.74) is 1.64. The largest absolute Gasteiger partial charge is 0.344 e. The zero-order valence-electron chi connectivity index (χ0n) is 13.2. The van der Waals surface area contributed by atoms with E-state index in [0.717, 1.165) is 32.1 Å². The van der Waals surface area contributed by atoms with E-state index in [1.54, 1.807) is 29.7 Å². The Kier molecular flexibility index (Phi) is 4.79. The van der Waals surface area contributed by atoms with Gasteiger partial charge in [0.05, 0.1) is 5.56 Å². The van der Waals surface area contributed by atoms with Crippen LogP contribution in [0.1, 0.15) is 10.4 Å². The third-order valence-electron chi connectivity index (χ3n) is 4.15. The molecule has 0 spiro atoms. The number of rotatable bonds is 2. The van der Waals surface area contributed by atoms with E-state index in [-0.39, 0.29) is 5.91 Å². The van der Waals surface area contributed by atoms with Crippen LogP contribution in [0.4, 0.5) is 5.13 Å². The number of piperazine rings is 1. The number of pyridine rings is 1. The standard InChI is InChI=1S/C17H14ClIN4OS/c18-11-3-4-12(13(19)10-11)16(24)22-6-8-23(9-7-22)17-21-14-2-1-5-20-15(14)25-17/h1-5,10H,6-9H2. The van der Waals surface area contributed by atoms with Gasteiger partial charge in [-0.2, -0.15) is 0 Å². The van der Waals surface area contributed by atoms with Gasteiger partial charge in [-0.1, -0.05) is 22.9 Å². The number of nitrogens with zero attached hydrogens (tertiary/aromatic N) is 4. The number of hydrogen-bond donors (Lipinski definition) is 0. The molecule has 1 saturated heterocycles. The number of benzene rings is 1. The summed E-state index contributed by atoms with van der Waals surface area (Å²) in [7, 11) is 0. The zero-order chi connectivity index (χ0) is 17.4. The van der Waals surface area contributed by atoms with Gasteiger partial charge in [-0.3, -0.25) is 4.79 Å². The van der Waals surface area contributed by atoms with Crippen LogP contribution in [0.2, 0.25) is 5.02 Å². The van der Waals surface area contributed by atoms with Crippen LogP contribution in [-0.2, 0) is 0 Å². The summed E-state index contributed by atoms with van der Waals surface area (Å²) in [6, 6.07) is 9.26. The first-order valence-electron chi connectivity index (χ1n) is 7.82. The molecule has 1 aromatic carbocycles. The number of amides is 1. The van der Waals surface area contributed by atoms with Crippen molar-refractivity contribution in [3.63, 3.8) is 0 Å². The average Bonchev–Trinajstić information content (AvgIpc) is 3.05. The van der Waals surface area contributed by atoms with E-state index in [4.69, 9.17) is 11.6 Å². The summed E-state index contributed by atoms with van der Waals surface area (Å²) in [6.45, 7) is 2.91. The Morgan fingerprint density at radius 2 is 2.00 bits per heavy atom. The smallest absolute Gasteiger partial charge is 0.255 e. The van der Waals surface area contributed by atoms with Crippen LogP contribution >= 0.6 is 45.5 Å². The lowest BCUT2D eigenvalue weighted by molar-refractivity contribution is 0.0745. The van der Waals surface area contributed by atoms with E-state index < -0.39 is 0 Å². The molecule has 0 atom stereocenters. The third kappa shape index (κ3) is 3.45. The molecule has 1 amide bonds. The van der Waals surface area contributed by atoms with Gasteiger partial charge in [0.1, 0.15) is 10.3 Å². The van der Waals surface area contributed by atoms with Crippen LogP contribution < -0.4 is 4.90 Å². The van der Waals surface area contributed by atoms with E-state index in [2.05, 4.69) is 37.5 Å². The van der Waals surface area contributed by atoms with E-state index in [9.17, 15) is 4.79 Å². The lowest BCUT2D eigenvalue weighted by atomic mass is 10.2. The Bertz CT molecular complexity index is 906. The maximum Gasteiger partial charge on any atom is 0.255 e. The fourth-order valence-electron chi connectivity index (χ4n) is 2.83. The molecule has 3 aromatic rings. The molecule has 1 aliphatic heterocycles. The van der Waals surface area contributed by atoms with Crippen molar-refractivity contribution >= 4 is 66.9 Å². The summed E-state index contributed by atoms with van der Waals surface area (Å²) >= 11 is 9.74. The Hall–Kier alpha value is -1.45. The summed E-state index contributed by atoms with van der Waals surface area (Å²) in [5.74, 6) is 0.0617. The second-order valence-electron chi connectivity index (χ2n) is 5.73. The summed E-state index contributed by atoms with van der Waals surface area (Å²) < 4.78 is 0.884. The SMILES string of the molecule is O=C(c1ccc(Cl)cc1I)N1CCN(c2nc3cccnc3s2)CC1. The minimum atomic E-state index is 0.0617. The van der Waals surface area contributed by atoms with Crippen molar-refractivity contribution in [2.45, 2.75) is 0 Å². The van der Waals surface area contributed by atoms with E-state index in [0.29, 0.717) is 23.7 Å². The highest BCUT2D eigenvalue weighted by molar-refractivity contribution is 14.1. The van der Waals surface area contributed by atoms with Gasteiger partial charge in [-0.15, -0.1) is 0 Å². The molecule has 0 N–H and O–H groups in total. The highest BCUT2D eigenvalue weighted by Gasteiger charge is 2.25. The van der Waals surface area contributed by atoms with Gasteiger partial charge < -0.3 is 9.80 Å². The molecule has 5 nitrogen and oxygen atoms in total. The van der Waals surface area contributed by atoms with Crippen LogP contribution in [0, 0.1) is 3.57 Å². The lowest BCUT2D eigenvalue weighted by Crippen LogP contribution is -2.48. The van der Waals surface area contributed by atoms with Crippen LogP contribution in [0.15, 0.2) is 36.5 Å². The molecule has 0 radical (unpaired) electrons. The first-order chi connectivity index (χ1) is 12.1. The fraction of sp³-hybridized carbons (Fsp3) is 0.235. The van der Waals surface area contributed by atoms with Gasteiger partial charge in [0.15, 0.2) is 5.13 Å². The number of halogens is 2. The Morgan fingerprint density at radius 3 is 2.72 bits per heavy atom. The summed E-state index contributed by atoms with van der Waals surface area (Å²) in [4.78, 5) is 26.8. The molecule has 1 aliphatic rings. The quantitative estimate of drug-likeness (QED) is 0.518. The minimum absolute atomic E-state index is 0.0617. The highest BCUT2D eigenvalue weighted by Crippen LogP contribution is 2.28. The predicted octanol–water partition coefficient (Wildman–Crippen LogP) is 3.91. The Morgan fingerprint density at radius 1 is 1.20 bits per heavy atom. The first kappa shape index (κ1) is 17.0. The van der Waals surface area contributed by atoms with Crippen LogP contribution in [-0.4, -0.2) is 47.0 Å². The number of hydrogen-bond acceptors (Lipinski definition) is 5. The van der Waals surface area contributed by atoms with Crippen molar-refractivity contribution in [2.24, 2.45) is 0 Å². The van der Waals surface area contributed by atoms with E-state index in [1.165, 1.54) is 0 Å². The first-order valence-corrected chi connectivity index (χ1v) is 10.1. The van der Waals surface area contributed by atoms with Crippen molar-refractivity contribution in [3.8, 4) is 0 Å². The molecule has 3 heterocycles. The number of carbonyl (C=O) groups is 1. The minimum Gasteiger partial charge on any atom is -0.344 e. The molecule has 4 rings (SSSR count). The Labute approximate surface area is 167 Å². The van der Waals surface area contributed by atoms with Crippen LogP contribution in [0.3, 0.4) is 0 Å². The number of thiazole rings is 1. The topological polar surface area (TPSA) is 49.3 Å². The third-order valence-corrected chi connectivity index (χ3v) is 6.32. The van der Waals surface area contributed by atoms with Gasteiger partial charge in [-0.05, 0) is 52.9 Å². The predicted molar refractivity (Wildman–Crippen MR) is 110 cm³/mol. The molecule has 0 saturated carbocycles. The van der Waals surface area contributed by atoms with Crippen molar-refractivity contribution in [3.05, 3.63) is 50.7 Å². The molecule has 1 fully saturated rings. The lowest BCUT2D eigenvalue weighted by Gasteiger charge is -2.34. The molecule has 8 heteroatoms. The molecule has 0 aliphatic carbocycles. The highest BCUT2D eigenvalue weighted by atomic mass is 127. The number of aromatic nitrogens is 2. The van der Waals surface area contributed by atoms with Crippen LogP contribution in [0.25, 0.3) is 10.3 Å². The average molecular weight is 485 g/mol. The second kappa shape index (κ2) is 7.05. The van der Waals surface area contributed by atoms with Crippen molar-refractivity contribution in [1.29, 1.82) is 0 Å². The number of fused-ring (bicyclic) bond motifs is 1. The summed E-state index contributed by atoms with van der Waals surface area (Å²) in [5, 5.41) is 1.62. The van der Waals surface area contributed by atoms with Gasteiger partial charge >= 0.3 is 0 Å². The van der Waals surface area contributed by atoms with Gasteiger partial charge in [0, 0.05) is 41.0 Å². The maximum atomic E-state index is 12.8. The maximum absolute atomic E-state index is 12.8. The normalized spacial score (nSPS) is 15.0. The molecule has 0 unspecified atom stereocenters. The molecule has 25 heavy (non-hydrogen) atoms. The fourth-order valence-corrected chi connectivity index (χ4v) is 4.89. The number of anilines is 1. The van der Waals surface area contributed by atoms with Crippen molar-refractivity contribution in [2.75, 3.05) is 31.1 Å². The molecule has 0 bridgehead atoms. The molecular weight excluding hydrogens is 471 g/mol.